The molecule has 142 valence electrons. The van der Waals surface area contributed by atoms with Gasteiger partial charge in [0.1, 0.15) is 11.4 Å². The number of thiophene rings is 1. The minimum Gasteiger partial charge on any atom is -0.497 e. The average Bonchev–Trinajstić information content (AvgIpc) is 3.21. The molecule has 0 aliphatic rings. The van der Waals surface area contributed by atoms with Crippen LogP contribution in [0.2, 0.25) is 0 Å². The number of nitrogens with one attached hydrogen (secondary N) is 2. The van der Waals surface area contributed by atoms with Crippen LogP contribution in [0.15, 0.2) is 71.7 Å². The van der Waals surface area contributed by atoms with E-state index in [9.17, 15) is 9.59 Å². The quantitative estimate of drug-likeness (QED) is 0.608. The smallest absolute Gasteiger partial charge is 0.272 e. The third-order valence-corrected chi connectivity index (χ3v) is 4.88. The minimum absolute atomic E-state index is 0.173. The van der Waals surface area contributed by atoms with Gasteiger partial charge < -0.3 is 15.4 Å². The molecule has 2 N–H and O–H groups in total. The molecule has 0 unspecified atom stereocenters. The summed E-state index contributed by atoms with van der Waals surface area (Å²) in [5.41, 5.74) is 2.14. The van der Waals surface area contributed by atoms with Crippen molar-refractivity contribution in [2.45, 2.75) is 6.92 Å². The maximum absolute atomic E-state index is 12.8. The Morgan fingerprint density at radius 1 is 1.00 bits per heavy atom. The van der Waals surface area contributed by atoms with Gasteiger partial charge in [0.05, 0.1) is 7.11 Å². The lowest BCUT2D eigenvalue weighted by Crippen LogP contribution is -2.31. The Balaban J connectivity index is 1.83. The number of amides is 2. The van der Waals surface area contributed by atoms with Crippen molar-refractivity contribution in [2.75, 3.05) is 12.4 Å². The average molecular weight is 392 g/mol. The maximum atomic E-state index is 12.8. The zero-order valence-electron chi connectivity index (χ0n) is 15.6. The second-order valence-corrected chi connectivity index (χ2v) is 7.00. The first-order valence-electron chi connectivity index (χ1n) is 8.64. The number of hydrogen-bond donors (Lipinski definition) is 2. The van der Waals surface area contributed by atoms with Gasteiger partial charge in [-0.15, -0.1) is 11.3 Å². The zero-order valence-corrected chi connectivity index (χ0v) is 16.4. The molecule has 0 spiro atoms. The molecule has 28 heavy (non-hydrogen) atoms. The molecule has 6 heteroatoms. The molecule has 5 nitrogen and oxygen atoms in total. The lowest BCUT2D eigenvalue weighted by Gasteiger charge is -2.12. The van der Waals surface area contributed by atoms with E-state index in [1.54, 1.807) is 49.6 Å². The monoisotopic (exact) mass is 392 g/mol. The molecule has 2 aromatic carbocycles. The summed E-state index contributed by atoms with van der Waals surface area (Å²) in [7, 11) is 1.58. The summed E-state index contributed by atoms with van der Waals surface area (Å²) in [6.45, 7) is 1.86. The molecule has 0 bridgehead atoms. The van der Waals surface area contributed by atoms with Crippen molar-refractivity contribution in [3.63, 3.8) is 0 Å². The van der Waals surface area contributed by atoms with Crippen LogP contribution in [0, 0.1) is 6.92 Å². The van der Waals surface area contributed by atoms with Gasteiger partial charge in [0.2, 0.25) is 0 Å². The molecular weight excluding hydrogens is 372 g/mol. The normalized spacial score (nSPS) is 11.0. The fraction of sp³-hybridized carbons (Fsp3) is 0.0909. The number of rotatable bonds is 6. The number of carbonyl (C=O) groups excluding carboxylic acids is 2. The minimum atomic E-state index is -0.402. The molecule has 0 aliphatic carbocycles. The Bertz CT molecular complexity index is 993. The van der Waals surface area contributed by atoms with E-state index in [0.717, 1.165) is 10.4 Å². The third-order valence-electron chi connectivity index (χ3n) is 4.06. The van der Waals surface area contributed by atoms with Crippen LogP contribution in [0.4, 0.5) is 5.69 Å². The van der Waals surface area contributed by atoms with Crippen LogP contribution in [0.1, 0.15) is 20.8 Å². The fourth-order valence-corrected chi connectivity index (χ4v) is 3.22. The van der Waals surface area contributed by atoms with E-state index in [0.29, 0.717) is 17.0 Å². The fourth-order valence-electron chi connectivity index (χ4n) is 2.56. The van der Waals surface area contributed by atoms with Crippen molar-refractivity contribution in [3.8, 4) is 5.75 Å². The number of benzene rings is 2. The van der Waals surface area contributed by atoms with Crippen LogP contribution < -0.4 is 15.4 Å². The predicted octanol–water partition coefficient (Wildman–Crippen LogP) is 4.47. The Kier molecular flexibility index (Phi) is 6.24. The molecule has 1 aromatic heterocycles. The summed E-state index contributed by atoms with van der Waals surface area (Å²) in [5, 5.41) is 7.46. The molecule has 0 aliphatic heterocycles. The Morgan fingerprint density at radius 3 is 2.39 bits per heavy atom. The van der Waals surface area contributed by atoms with Crippen molar-refractivity contribution >= 4 is 34.9 Å². The van der Waals surface area contributed by atoms with Crippen LogP contribution in [0.5, 0.6) is 5.75 Å². The first kappa shape index (κ1) is 19.4. The van der Waals surface area contributed by atoms with Crippen molar-refractivity contribution in [3.05, 3.63) is 87.7 Å². The largest absolute Gasteiger partial charge is 0.497 e. The van der Waals surface area contributed by atoms with Gasteiger partial charge in [-0.1, -0.05) is 24.3 Å². The molecular formula is C22H20N2O3S. The topological polar surface area (TPSA) is 67.4 Å². The lowest BCUT2D eigenvalue weighted by molar-refractivity contribution is -0.113. The lowest BCUT2D eigenvalue weighted by atomic mass is 10.1. The number of methoxy groups -OCH3 is 1. The second-order valence-electron chi connectivity index (χ2n) is 6.03. The molecule has 2 amide bonds. The first-order valence-corrected chi connectivity index (χ1v) is 9.52. The Hall–Kier alpha value is -3.38. The Morgan fingerprint density at radius 2 is 1.75 bits per heavy atom. The van der Waals surface area contributed by atoms with Crippen LogP contribution >= 0.6 is 11.3 Å². The number of anilines is 1. The Labute approximate surface area is 167 Å². The second kappa shape index (κ2) is 9.01. The summed E-state index contributed by atoms with van der Waals surface area (Å²) < 4.78 is 5.12. The number of aryl methyl sites for hydroxylation is 1. The summed E-state index contributed by atoms with van der Waals surface area (Å²) in [5.74, 6) is -0.0357. The SMILES string of the molecule is COc1ccc(NC(=O)C(=Cc2cccs2)NC(=O)c2ccccc2C)cc1. The number of ether oxygens (including phenoxy) is 1. The van der Waals surface area contributed by atoms with Crippen LogP contribution in [0.3, 0.4) is 0 Å². The van der Waals surface area contributed by atoms with E-state index in [2.05, 4.69) is 10.6 Å². The van der Waals surface area contributed by atoms with Gasteiger partial charge in [0.15, 0.2) is 0 Å². The standard InChI is InChI=1S/C22H20N2O3S/c1-15-6-3-4-8-19(15)21(25)24-20(14-18-7-5-13-28-18)22(26)23-16-9-11-17(27-2)12-10-16/h3-14H,1-2H3,(H,23,26)(H,24,25). The highest BCUT2D eigenvalue weighted by Gasteiger charge is 2.16. The van der Waals surface area contributed by atoms with Crippen LogP contribution in [-0.2, 0) is 4.79 Å². The molecule has 0 radical (unpaired) electrons. The highest BCUT2D eigenvalue weighted by molar-refractivity contribution is 7.10. The number of hydrogen-bond acceptors (Lipinski definition) is 4. The number of carbonyl (C=O) groups is 2. The molecule has 0 saturated heterocycles. The summed E-state index contributed by atoms with van der Waals surface area (Å²) in [6.07, 6.45) is 1.67. The van der Waals surface area contributed by atoms with Crippen LogP contribution in [0.25, 0.3) is 6.08 Å². The zero-order chi connectivity index (χ0) is 19.9. The van der Waals surface area contributed by atoms with Gasteiger partial charge in [-0.3, -0.25) is 9.59 Å². The summed E-state index contributed by atoms with van der Waals surface area (Å²) >= 11 is 1.48. The van der Waals surface area contributed by atoms with Crippen molar-refractivity contribution in [2.24, 2.45) is 0 Å². The van der Waals surface area contributed by atoms with E-state index >= 15 is 0 Å². The predicted molar refractivity (Wildman–Crippen MR) is 113 cm³/mol. The van der Waals surface area contributed by atoms with Gasteiger partial charge in [0, 0.05) is 16.1 Å². The van der Waals surface area contributed by atoms with E-state index < -0.39 is 5.91 Å². The molecule has 0 saturated carbocycles. The van der Waals surface area contributed by atoms with Gasteiger partial charge in [0.25, 0.3) is 11.8 Å². The van der Waals surface area contributed by atoms with Crippen molar-refractivity contribution < 1.29 is 14.3 Å². The molecule has 3 aromatic rings. The molecule has 0 fully saturated rings. The molecule has 1 heterocycles. The van der Waals surface area contributed by atoms with Gasteiger partial charge >= 0.3 is 0 Å². The summed E-state index contributed by atoms with van der Waals surface area (Å²) in [6, 6.07) is 18.0. The highest BCUT2D eigenvalue weighted by atomic mass is 32.1. The summed E-state index contributed by atoms with van der Waals surface area (Å²) in [4.78, 5) is 26.4. The van der Waals surface area contributed by atoms with Crippen molar-refractivity contribution in [1.82, 2.24) is 5.32 Å². The van der Waals surface area contributed by atoms with E-state index in [1.807, 2.05) is 36.6 Å². The highest BCUT2D eigenvalue weighted by Crippen LogP contribution is 2.18. The van der Waals surface area contributed by atoms with E-state index in [-0.39, 0.29) is 11.6 Å². The third kappa shape index (κ3) is 4.86. The first-order chi connectivity index (χ1) is 13.6. The van der Waals surface area contributed by atoms with Crippen molar-refractivity contribution in [1.29, 1.82) is 0 Å². The van der Waals surface area contributed by atoms with Gasteiger partial charge in [-0.2, -0.15) is 0 Å². The van der Waals surface area contributed by atoms with Gasteiger partial charge in [-0.25, -0.2) is 0 Å². The molecule has 0 atom stereocenters. The van der Waals surface area contributed by atoms with Crippen LogP contribution in [-0.4, -0.2) is 18.9 Å². The maximum Gasteiger partial charge on any atom is 0.272 e. The van der Waals surface area contributed by atoms with E-state index in [4.69, 9.17) is 4.74 Å². The molecule has 3 rings (SSSR count). The van der Waals surface area contributed by atoms with Gasteiger partial charge in [-0.05, 0) is 60.3 Å². The van der Waals surface area contributed by atoms with E-state index in [1.165, 1.54) is 11.3 Å².